The van der Waals surface area contributed by atoms with Crippen LogP contribution in [0.4, 0.5) is 4.79 Å². The van der Waals surface area contributed by atoms with Crippen LogP contribution in [0.2, 0.25) is 5.02 Å². The van der Waals surface area contributed by atoms with Crippen LogP contribution in [0.15, 0.2) is 36.4 Å². The van der Waals surface area contributed by atoms with Gasteiger partial charge in [-0.3, -0.25) is 19.4 Å². The minimum absolute atomic E-state index is 0.0867. The number of carboxylic acid groups (broad SMARTS) is 1. The molecule has 1 unspecified atom stereocenters. The number of aliphatic carboxylic acids is 1. The summed E-state index contributed by atoms with van der Waals surface area (Å²) in [6, 6.07) is 12.0. The molecule has 1 saturated carbocycles. The molecule has 0 bridgehead atoms. The van der Waals surface area contributed by atoms with Gasteiger partial charge in [0.15, 0.2) is 0 Å². The molecule has 1 aliphatic carbocycles. The Bertz CT molecular complexity index is 1290. The summed E-state index contributed by atoms with van der Waals surface area (Å²) in [4.78, 5) is 40.6. The molecule has 2 aromatic rings. The molecular formula is C31H38ClN3O6. The third-order valence-corrected chi connectivity index (χ3v) is 8.91. The van der Waals surface area contributed by atoms with Gasteiger partial charge in [-0.15, -0.1) is 0 Å². The van der Waals surface area contributed by atoms with Gasteiger partial charge < -0.3 is 19.5 Å². The molecule has 9 nitrogen and oxygen atoms in total. The fraction of sp³-hybridized carbons (Fsp3) is 0.516. The maximum atomic E-state index is 12.1. The lowest BCUT2D eigenvalue weighted by Crippen LogP contribution is -2.35. The van der Waals surface area contributed by atoms with E-state index < -0.39 is 5.97 Å². The van der Waals surface area contributed by atoms with Crippen LogP contribution in [0.1, 0.15) is 55.3 Å². The number of carboxylic acids is 1. The number of fused-ring (bicyclic) bond motifs is 1. The van der Waals surface area contributed by atoms with Gasteiger partial charge >= 0.3 is 12.0 Å². The molecule has 3 amide bonds. The number of likely N-dealkylation sites (N-methyl/N-ethyl adjacent to an activating group) is 1. The molecule has 220 valence electrons. The van der Waals surface area contributed by atoms with Crippen molar-refractivity contribution in [3.8, 4) is 11.5 Å². The fourth-order valence-electron chi connectivity index (χ4n) is 6.09. The second-order valence-corrected chi connectivity index (χ2v) is 11.8. The third kappa shape index (κ3) is 6.79. The van der Waals surface area contributed by atoms with Crippen LogP contribution in [0, 0.1) is 11.8 Å². The lowest BCUT2D eigenvalue weighted by Gasteiger charge is -2.35. The number of benzene rings is 2. The molecule has 2 heterocycles. The number of ether oxygens (including phenoxy) is 2. The van der Waals surface area contributed by atoms with Crippen LogP contribution < -0.4 is 9.47 Å². The van der Waals surface area contributed by atoms with Gasteiger partial charge in [-0.1, -0.05) is 29.8 Å². The Morgan fingerprint density at radius 3 is 2.63 bits per heavy atom. The molecule has 5 rings (SSSR count). The van der Waals surface area contributed by atoms with E-state index in [2.05, 4.69) is 30.0 Å². The second kappa shape index (κ2) is 12.7. The number of carbonyl (C=O) groups excluding carboxylic acids is 2. The highest BCUT2D eigenvalue weighted by Gasteiger charge is 2.33. The van der Waals surface area contributed by atoms with E-state index in [1.165, 1.54) is 20.9 Å². The van der Waals surface area contributed by atoms with Gasteiger partial charge in [-0.2, -0.15) is 0 Å². The fourth-order valence-corrected chi connectivity index (χ4v) is 6.35. The Morgan fingerprint density at radius 1 is 1.17 bits per heavy atom. The van der Waals surface area contributed by atoms with Crippen LogP contribution in [-0.4, -0.2) is 77.6 Å². The Labute approximate surface area is 245 Å². The van der Waals surface area contributed by atoms with Crippen molar-refractivity contribution in [1.82, 2.24) is 14.7 Å². The molecular weight excluding hydrogens is 546 g/mol. The lowest BCUT2D eigenvalue weighted by atomic mass is 9.81. The quantitative estimate of drug-likeness (QED) is 0.372. The van der Waals surface area contributed by atoms with E-state index >= 15 is 0 Å². The minimum Gasteiger partial charge on any atom is -0.493 e. The van der Waals surface area contributed by atoms with Gasteiger partial charge in [-0.25, -0.2) is 4.79 Å². The Kier molecular flexibility index (Phi) is 9.04. The second-order valence-electron chi connectivity index (χ2n) is 11.4. The van der Waals surface area contributed by atoms with Crippen LogP contribution in [-0.2, 0) is 22.6 Å². The monoisotopic (exact) mass is 583 g/mol. The lowest BCUT2D eigenvalue weighted by molar-refractivity contribution is -0.143. The maximum Gasteiger partial charge on any atom is 0.327 e. The summed E-state index contributed by atoms with van der Waals surface area (Å²) in [7, 11) is 1.60. The van der Waals surface area contributed by atoms with Crippen molar-refractivity contribution < 1.29 is 29.0 Å². The number of amides is 3. The molecule has 0 radical (unpaired) electrons. The smallest absolute Gasteiger partial charge is 0.327 e. The summed E-state index contributed by atoms with van der Waals surface area (Å²) < 4.78 is 11.5. The van der Waals surface area contributed by atoms with Gasteiger partial charge in [0, 0.05) is 32.6 Å². The van der Waals surface area contributed by atoms with Crippen molar-refractivity contribution in [2.24, 2.45) is 11.8 Å². The standard InChI is InChI=1S/C31H38ClN3O6/c1-20(24-8-10-27-25(16-24)11-13-40-27)34(17-21-3-6-23(7-4-21)30(37)38)18-22-5-9-28(26(32)15-22)41-14-12-35-29(36)19-33(2)31(35)39/h5,8-10,15-16,20-21,23H,3-4,6-7,11-14,17-19H2,1-2H3,(H,37,38). The number of rotatable bonds is 11. The first-order valence-corrected chi connectivity index (χ1v) is 14.8. The van der Waals surface area contributed by atoms with Crippen molar-refractivity contribution >= 4 is 29.5 Å². The highest BCUT2D eigenvalue weighted by molar-refractivity contribution is 6.32. The number of hydrogen-bond donors (Lipinski definition) is 1. The van der Waals surface area contributed by atoms with E-state index in [0.29, 0.717) is 23.2 Å². The van der Waals surface area contributed by atoms with Gasteiger partial charge in [0.25, 0.3) is 0 Å². The van der Waals surface area contributed by atoms with Crippen molar-refractivity contribution in [3.63, 3.8) is 0 Å². The summed E-state index contributed by atoms with van der Waals surface area (Å²) in [6.45, 7) is 4.90. The molecule has 1 atom stereocenters. The van der Waals surface area contributed by atoms with E-state index in [1.54, 1.807) is 7.05 Å². The molecule has 3 aliphatic rings. The van der Waals surface area contributed by atoms with Crippen molar-refractivity contribution in [3.05, 3.63) is 58.1 Å². The van der Waals surface area contributed by atoms with E-state index in [9.17, 15) is 19.5 Å². The predicted octanol–water partition coefficient (Wildman–Crippen LogP) is 5.00. The van der Waals surface area contributed by atoms with E-state index in [4.69, 9.17) is 21.1 Å². The molecule has 0 aromatic heterocycles. The number of hydrogen-bond acceptors (Lipinski definition) is 6. The molecule has 0 spiro atoms. The van der Waals surface area contributed by atoms with Crippen molar-refractivity contribution in [2.45, 2.75) is 51.6 Å². The number of urea groups is 1. The third-order valence-electron chi connectivity index (χ3n) is 8.62. The first-order chi connectivity index (χ1) is 19.7. The summed E-state index contributed by atoms with van der Waals surface area (Å²) in [6.07, 6.45) is 4.18. The largest absolute Gasteiger partial charge is 0.493 e. The van der Waals surface area contributed by atoms with Gasteiger partial charge in [0.05, 0.1) is 24.1 Å². The van der Waals surface area contributed by atoms with Gasteiger partial charge in [0.2, 0.25) is 5.91 Å². The Morgan fingerprint density at radius 2 is 1.95 bits per heavy atom. The van der Waals surface area contributed by atoms with Crippen molar-refractivity contribution in [1.29, 1.82) is 0 Å². The van der Waals surface area contributed by atoms with Gasteiger partial charge in [-0.05, 0) is 73.4 Å². The van der Waals surface area contributed by atoms with Crippen molar-refractivity contribution in [2.75, 3.05) is 39.9 Å². The molecule has 41 heavy (non-hydrogen) atoms. The topological polar surface area (TPSA) is 99.6 Å². The normalized spacial score (nSPS) is 21.3. The average molecular weight is 584 g/mol. The van der Waals surface area contributed by atoms with Gasteiger partial charge in [0.1, 0.15) is 24.7 Å². The molecule has 2 fully saturated rings. The van der Waals surface area contributed by atoms with Crippen LogP contribution in [0.3, 0.4) is 0 Å². The average Bonchev–Trinajstić information content (AvgIpc) is 3.52. The summed E-state index contributed by atoms with van der Waals surface area (Å²) >= 11 is 6.62. The van der Waals surface area contributed by atoms with E-state index in [1.807, 2.05) is 18.2 Å². The van der Waals surface area contributed by atoms with E-state index in [-0.39, 0.29) is 43.6 Å². The maximum absolute atomic E-state index is 12.1. The highest BCUT2D eigenvalue weighted by atomic mass is 35.5. The molecule has 10 heteroatoms. The summed E-state index contributed by atoms with van der Waals surface area (Å²) in [5, 5.41) is 9.90. The van der Waals surface area contributed by atoms with Crippen LogP contribution in [0.25, 0.3) is 0 Å². The Hall–Kier alpha value is -3.30. The zero-order valence-electron chi connectivity index (χ0n) is 23.7. The predicted molar refractivity (Wildman–Crippen MR) is 154 cm³/mol. The van der Waals surface area contributed by atoms with E-state index in [0.717, 1.165) is 56.6 Å². The molecule has 2 aliphatic heterocycles. The summed E-state index contributed by atoms with van der Waals surface area (Å²) in [5.41, 5.74) is 3.52. The number of halogens is 1. The molecule has 1 N–H and O–H groups in total. The summed E-state index contributed by atoms with van der Waals surface area (Å²) in [5.74, 6) is 0.753. The number of imide groups is 1. The number of nitrogens with zero attached hydrogens (tertiary/aromatic N) is 3. The zero-order chi connectivity index (χ0) is 29.1. The molecule has 1 saturated heterocycles. The SMILES string of the molecule is CC(c1ccc2c(c1)CCO2)N(Cc1ccc(OCCN2C(=O)CN(C)C2=O)c(Cl)c1)CC1CCC(C(=O)O)CC1. The zero-order valence-corrected chi connectivity index (χ0v) is 24.4. The van der Waals surface area contributed by atoms with Crippen LogP contribution >= 0.6 is 11.6 Å². The highest BCUT2D eigenvalue weighted by Crippen LogP contribution is 2.35. The first-order valence-electron chi connectivity index (χ1n) is 14.4. The van der Waals surface area contributed by atoms with Crippen LogP contribution in [0.5, 0.6) is 11.5 Å². The minimum atomic E-state index is -0.683. The Balaban J connectivity index is 1.26. The first kappa shape index (κ1) is 29.2. The number of carbonyl (C=O) groups is 3. The molecule has 2 aromatic carbocycles.